The number of hydrogen-bond acceptors (Lipinski definition) is 3. The van der Waals surface area contributed by atoms with Crippen molar-refractivity contribution in [2.75, 3.05) is 7.11 Å². The SMILES string of the molecule is COC(=O)CC(NC(=O)c1cc(Br)ccc1F)c1cccc(Br)c1. The largest absolute Gasteiger partial charge is 0.469 e. The fourth-order valence-electron chi connectivity index (χ4n) is 2.13. The highest BCUT2D eigenvalue weighted by atomic mass is 79.9. The second kappa shape index (κ2) is 8.39. The summed E-state index contributed by atoms with van der Waals surface area (Å²) in [6.45, 7) is 0. The zero-order valence-electron chi connectivity index (χ0n) is 12.7. The number of esters is 1. The molecule has 0 saturated carbocycles. The summed E-state index contributed by atoms with van der Waals surface area (Å²) in [7, 11) is 1.27. The van der Waals surface area contributed by atoms with E-state index in [0.717, 1.165) is 4.47 Å². The summed E-state index contributed by atoms with van der Waals surface area (Å²) in [6, 6.07) is 10.6. The molecule has 0 spiro atoms. The third-order valence-corrected chi connectivity index (χ3v) is 4.31. The van der Waals surface area contributed by atoms with Crippen LogP contribution in [0, 0.1) is 5.82 Å². The molecule has 24 heavy (non-hydrogen) atoms. The van der Waals surface area contributed by atoms with Crippen LogP contribution in [0.4, 0.5) is 4.39 Å². The van der Waals surface area contributed by atoms with E-state index in [2.05, 4.69) is 41.9 Å². The highest BCUT2D eigenvalue weighted by Crippen LogP contribution is 2.23. The second-order valence-corrected chi connectivity index (χ2v) is 6.82. The summed E-state index contributed by atoms with van der Waals surface area (Å²) in [6.07, 6.45) is -0.0612. The van der Waals surface area contributed by atoms with Gasteiger partial charge >= 0.3 is 5.97 Å². The predicted octanol–water partition coefficient (Wildman–Crippen LogP) is 4.38. The second-order valence-electron chi connectivity index (χ2n) is 4.99. The maximum atomic E-state index is 13.9. The zero-order valence-corrected chi connectivity index (χ0v) is 15.9. The lowest BCUT2D eigenvalue weighted by Gasteiger charge is -2.19. The molecule has 0 aromatic heterocycles. The molecule has 126 valence electrons. The van der Waals surface area contributed by atoms with Gasteiger partial charge in [-0.15, -0.1) is 0 Å². The van der Waals surface area contributed by atoms with Gasteiger partial charge in [-0.05, 0) is 35.9 Å². The van der Waals surface area contributed by atoms with Crippen molar-refractivity contribution in [3.63, 3.8) is 0 Å². The quantitative estimate of drug-likeness (QED) is 0.676. The van der Waals surface area contributed by atoms with Crippen LogP contribution < -0.4 is 5.32 Å². The number of rotatable bonds is 5. The molecule has 0 fully saturated rings. The molecular weight excluding hydrogens is 445 g/mol. The van der Waals surface area contributed by atoms with Crippen LogP contribution in [0.5, 0.6) is 0 Å². The highest BCUT2D eigenvalue weighted by molar-refractivity contribution is 9.10. The highest BCUT2D eigenvalue weighted by Gasteiger charge is 2.21. The Balaban J connectivity index is 2.29. The van der Waals surface area contributed by atoms with Gasteiger partial charge in [-0.2, -0.15) is 0 Å². The standard InChI is InChI=1S/C17H14Br2FNO3/c1-24-16(22)9-15(10-3-2-4-11(18)7-10)21-17(23)13-8-12(19)5-6-14(13)20/h2-8,15H,9H2,1H3,(H,21,23). The van der Waals surface area contributed by atoms with Gasteiger partial charge in [0.2, 0.25) is 0 Å². The van der Waals surface area contributed by atoms with Crippen molar-refractivity contribution < 1.29 is 18.7 Å². The smallest absolute Gasteiger partial charge is 0.307 e. The lowest BCUT2D eigenvalue weighted by molar-refractivity contribution is -0.141. The molecule has 1 atom stereocenters. The topological polar surface area (TPSA) is 55.4 Å². The summed E-state index contributed by atoms with van der Waals surface area (Å²) in [5.41, 5.74) is 0.604. The van der Waals surface area contributed by atoms with E-state index in [4.69, 9.17) is 0 Å². The van der Waals surface area contributed by atoms with Crippen molar-refractivity contribution >= 4 is 43.7 Å². The van der Waals surface area contributed by atoms with Crippen LogP contribution in [-0.2, 0) is 9.53 Å². The maximum absolute atomic E-state index is 13.9. The van der Waals surface area contributed by atoms with E-state index in [9.17, 15) is 14.0 Å². The van der Waals surface area contributed by atoms with Crippen LogP contribution in [-0.4, -0.2) is 19.0 Å². The number of carbonyl (C=O) groups excluding carboxylic acids is 2. The molecule has 4 nitrogen and oxygen atoms in total. The van der Waals surface area contributed by atoms with Crippen molar-refractivity contribution in [3.8, 4) is 0 Å². The Morgan fingerprint density at radius 2 is 1.88 bits per heavy atom. The minimum Gasteiger partial charge on any atom is -0.469 e. The first-order valence-corrected chi connectivity index (χ1v) is 8.57. The fourth-order valence-corrected chi connectivity index (χ4v) is 2.91. The maximum Gasteiger partial charge on any atom is 0.307 e. The van der Waals surface area contributed by atoms with Crippen LogP contribution in [0.15, 0.2) is 51.4 Å². The van der Waals surface area contributed by atoms with Crippen LogP contribution in [0.2, 0.25) is 0 Å². The number of methoxy groups -OCH3 is 1. The molecule has 0 aliphatic carbocycles. The lowest BCUT2D eigenvalue weighted by atomic mass is 10.0. The average molecular weight is 459 g/mol. The monoisotopic (exact) mass is 457 g/mol. The van der Waals surface area contributed by atoms with Gasteiger partial charge < -0.3 is 10.1 Å². The van der Waals surface area contributed by atoms with Gasteiger partial charge in [0, 0.05) is 8.95 Å². The van der Waals surface area contributed by atoms with E-state index in [1.54, 1.807) is 18.2 Å². The Hall–Kier alpha value is -1.73. The van der Waals surface area contributed by atoms with Gasteiger partial charge in [0.1, 0.15) is 5.82 Å². The summed E-state index contributed by atoms with van der Waals surface area (Å²) >= 11 is 6.56. The molecule has 1 N–H and O–H groups in total. The van der Waals surface area contributed by atoms with Crippen molar-refractivity contribution in [2.24, 2.45) is 0 Å². The van der Waals surface area contributed by atoms with E-state index in [0.29, 0.717) is 10.0 Å². The van der Waals surface area contributed by atoms with Gasteiger partial charge in [0.05, 0.1) is 25.1 Å². The number of carbonyl (C=O) groups is 2. The molecule has 0 heterocycles. The number of amides is 1. The zero-order chi connectivity index (χ0) is 17.7. The molecule has 0 aliphatic heterocycles. The van der Waals surface area contributed by atoms with E-state index in [1.807, 2.05) is 6.07 Å². The lowest BCUT2D eigenvalue weighted by Crippen LogP contribution is -2.31. The molecule has 1 unspecified atom stereocenters. The van der Waals surface area contributed by atoms with Gasteiger partial charge in [-0.3, -0.25) is 9.59 Å². The number of hydrogen-bond donors (Lipinski definition) is 1. The molecule has 0 aliphatic rings. The first-order valence-electron chi connectivity index (χ1n) is 6.99. The first-order chi connectivity index (χ1) is 11.4. The Labute approximate surface area is 155 Å². The Kier molecular flexibility index (Phi) is 6.51. The van der Waals surface area contributed by atoms with Crippen molar-refractivity contribution in [3.05, 3.63) is 68.4 Å². The molecule has 0 saturated heterocycles. The minimum absolute atomic E-state index is 0.0612. The molecule has 2 aromatic carbocycles. The average Bonchev–Trinajstić information content (AvgIpc) is 2.56. The molecule has 2 rings (SSSR count). The Bertz CT molecular complexity index is 767. The molecule has 7 heteroatoms. The fraction of sp³-hybridized carbons (Fsp3) is 0.176. The van der Waals surface area contributed by atoms with Crippen molar-refractivity contribution in [2.45, 2.75) is 12.5 Å². The van der Waals surface area contributed by atoms with Crippen LogP contribution in [0.25, 0.3) is 0 Å². The number of ether oxygens (including phenoxy) is 1. The predicted molar refractivity (Wildman–Crippen MR) is 95.1 cm³/mol. The molecule has 2 aromatic rings. The van der Waals surface area contributed by atoms with E-state index in [1.165, 1.54) is 25.3 Å². The number of nitrogens with one attached hydrogen (secondary N) is 1. The van der Waals surface area contributed by atoms with Crippen LogP contribution >= 0.6 is 31.9 Å². The van der Waals surface area contributed by atoms with Gasteiger partial charge in [-0.1, -0.05) is 44.0 Å². The summed E-state index contributed by atoms with van der Waals surface area (Å²) in [4.78, 5) is 24.1. The van der Waals surface area contributed by atoms with Crippen LogP contribution in [0.1, 0.15) is 28.4 Å². The summed E-state index contributed by atoms with van der Waals surface area (Å²) in [5.74, 6) is -1.72. The Morgan fingerprint density at radius 1 is 1.17 bits per heavy atom. The molecular formula is C17H14Br2FNO3. The van der Waals surface area contributed by atoms with Crippen molar-refractivity contribution in [1.29, 1.82) is 0 Å². The van der Waals surface area contributed by atoms with Crippen LogP contribution in [0.3, 0.4) is 0 Å². The molecule has 1 amide bonds. The molecule has 0 bridgehead atoms. The Morgan fingerprint density at radius 3 is 2.54 bits per heavy atom. The first kappa shape index (κ1) is 18.6. The number of halogens is 3. The minimum atomic E-state index is -0.638. The van der Waals surface area contributed by atoms with Crippen molar-refractivity contribution in [1.82, 2.24) is 5.32 Å². The third kappa shape index (κ3) is 4.88. The number of benzene rings is 2. The van der Waals surface area contributed by atoms with Gasteiger partial charge in [0.15, 0.2) is 0 Å². The summed E-state index contributed by atoms with van der Waals surface area (Å²) in [5, 5.41) is 2.69. The van der Waals surface area contributed by atoms with Gasteiger partial charge in [0.25, 0.3) is 5.91 Å². The van der Waals surface area contributed by atoms with E-state index < -0.39 is 23.7 Å². The van der Waals surface area contributed by atoms with E-state index >= 15 is 0 Å². The van der Waals surface area contributed by atoms with E-state index in [-0.39, 0.29) is 12.0 Å². The van der Waals surface area contributed by atoms with Gasteiger partial charge in [-0.25, -0.2) is 4.39 Å². The molecule has 0 radical (unpaired) electrons. The summed E-state index contributed by atoms with van der Waals surface area (Å²) < 4.78 is 20.0. The third-order valence-electron chi connectivity index (χ3n) is 3.33. The normalized spacial score (nSPS) is 11.7.